The summed E-state index contributed by atoms with van der Waals surface area (Å²) in [5.74, 6) is 0.368. The highest BCUT2D eigenvalue weighted by Gasteiger charge is 2.17. The van der Waals surface area contributed by atoms with Crippen LogP contribution in [0.15, 0.2) is 71.6 Å². The average Bonchev–Trinajstić information content (AvgIpc) is 3.23. The zero-order chi connectivity index (χ0) is 18.6. The molecule has 1 aliphatic rings. The number of anilines is 2. The Bertz CT molecular complexity index is 1030. The van der Waals surface area contributed by atoms with Gasteiger partial charge in [0.1, 0.15) is 12.4 Å². The number of para-hydroxylation sites is 1. The lowest BCUT2D eigenvalue weighted by Crippen LogP contribution is -2.21. The highest BCUT2D eigenvalue weighted by atomic mass is 32.1. The van der Waals surface area contributed by atoms with Gasteiger partial charge in [0, 0.05) is 16.9 Å². The Morgan fingerprint density at radius 1 is 0.889 bits per heavy atom. The second-order valence-electron chi connectivity index (χ2n) is 5.96. The minimum absolute atomic E-state index is 0.173. The van der Waals surface area contributed by atoms with Gasteiger partial charge in [0.05, 0.1) is 10.5 Å². The van der Waals surface area contributed by atoms with Crippen molar-refractivity contribution in [1.82, 2.24) is 0 Å². The summed E-state index contributed by atoms with van der Waals surface area (Å²) < 4.78 is 5.63. The van der Waals surface area contributed by atoms with E-state index in [1.807, 2.05) is 41.8 Å². The molecular formula is C21H16N2O3S. The highest BCUT2D eigenvalue weighted by molar-refractivity contribution is 7.12. The molecule has 0 aliphatic carbocycles. The molecular weight excluding hydrogens is 360 g/mol. The maximum Gasteiger partial charge on any atom is 0.265 e. The molecule has 2 aromatic carbocycles. The van der Waals surface area contributed by atoms with Crippen molar-refractivity contribution >= 4 is 40.6 Å². The number of ether oxygens (including phenoxy) is 1. The zero-order valence-corrected chi connectivity index (χ0v) is 15.1. The first kappa shape index (κ1) is 17.1. The first-order valence-electron chi connectivity index (χ1n) is 8.38. The Balaban J connectivity index is 1.46. The smallest absolute Gasteiger partial charge is 0.265 e. The quantitative estimate of drug-likeness (QED) is 0.708. The fraction of sp³-hybridized carbons (Fsp3) is 0.0476. The molecule has 0 bridgehead atoms. The van der Waals surface area contributed by atoms with Gasteiger partial charge in [-0.25, -0.2) is 0 Å². The Labute approximate surface area is 160 Å². The summed E-state index contributed by atoms with van der Waals surface area (Å²) >= 11 is 1.38. The fourth-order valence-electron chi connectivity index (χ4n) is 2.73. The summed E-state index contributed by atoms with van der Waals surface area (Å²) in [4.78, 5) is 25.3. The van der Waals surface area contributed by atoms with E-state index >= 15 is 0 Å². The summed E-state index contributed by atoms with van der Waals surface area (Å²) in [6, 6.07) is 18.2. The second-order valence-corrected chi connectivity index (χ2v) is 6.91. The molecule has 0 unspecified atom stereocenters. The number of thiophene rings is 1. The predicted octanol–water partition coefficient (Wildman–Crippen LogP) is 4.41. The van der Waals surface area contributed by atoms with Gasteiger partial charge in [-0.2, -0.15) is 0 Å². The summed E-state index contributed by atoms with van der Waals surface area (Å²) in [5.41, 5.74) is 2.64. The van der Waals surface area contributed by atoms with E-state index in [1.54, 1.807) is 30.3 Å². The molecule has 0 atom stereocenters. The van der Waals surface area contributed by atoms with Crippen molar-refractivity contribution in [2.24, 2.45) is 0 Å². The maximum atomic E-state index is 12.6. The van der Waals surface area contributed by atoms with Crippen LogP contribution < -0.4 is 15.4 Å². The normalized spacial score (nSPS) is 12.4. The third kappa shape index (κ3) is 3.91. The number of hydrogen-bond donors (Lipinski definition) is 2. The molecule has 1 aliphatic heterocycles. The summed E-state index contributed by atoms with van der Waals surface area (Å²) in [5, 5.41) is 7.54. The Hall–Kier alpha value is -3.38. The SMILES string of the molecule is O=C(Nc1cccc(NC(=O)c2cccs2)c1)C1=Cc2ccccc2OC1. The van der Waals surface area contributed by atoms with E-state index < -0.39 is 0 Å². The van der Waals surface area contributed by atoms with Crippen LogP contribution in [0.25, 0.3) is 6.08 Å². The Morgan fingerprint density at radius 3 is 2.44 bits per heavy atom. The van der Waals surface area contributed by atoms with Crippen LogP contribution in [0.4, 0.5) is 11.4 Å². The van der Waals surface area contributed by atoms with Crippen molar-refractivity contribution in [2.75, 3.05) is 17.2 Å². The third-order valence-corrected chi connectivity index (χ3v) is 4.92. The monoisotopic (exact) mass is 376 g/mol. The Kier molecular flexibility index (Phi) is 4.72. The molecule has 0 fully saturated rings. The first-order chi connectivity index (χ1) is 13.2. The van der Waals surface area contributed by atoms with Crippen molar-refractivity contribution in [1.29, 1.82) is 0 Å². The molecule has 6 heteroatoms. The molecule has 1 aromatic heterocycles. The molecule has 3 aromatic rings. The van der Waals surface area contributed by atoms with Crippen molar-refractivity contribution < 1.29 is 14.3 Å². The topological polar surface area (TPSA) is 67.4 Å². The van der Waals surface area contributed by atoms with E-state index in [4.69, 9.17) is 4.74 Å². The van der Waals surface area contributed by atoms with Crippen molar-refractivity contribution in [3.63, 3.8) is 0 Å². The second kappa shape index (κ2) is 7.47. The number of hydrogen-bond acceptors (Lipinski definition) is 4. The van der Waals surface area contributed by atoms with Crippen molar-refractivity contribution in [3.8, 4) is 5.75 Å². The van der Waals surface area contributed by atoms with Gasteiger partial charge >= 0.3 is 0 Å². The van der Waals surface area contributed by atoms with Crippen LogP contribution in [0.2, 0.25) is 0 Å². The van der Waals surface area contributed by atoms with E-state index in [2.05, 4.69) is 10.6 Å². The number of amides is 2. The predicted molar refractivity (Wildman–Crippen MR) is 107 cm³/mol. The van der Waals surface area contributed by atoms with Gasteiger partial charge < -0.3 is 15.4 Å². The maximum absolute atomic E-state index is 12.6. The van der Waals surface area contributed by atoms with Crippen LogP contribution in [-0.2, 0) is 4.79 Å². The number of carbonyl (C=O) groups excluding carboxylic acids is 2. The molecule has 2 amide bonds. The molecule has 134 valence electrons. The van der Waals surface area contributed by atoms with Gasteiger partial charge in [-0.1, -0.05) is 30.3 Å². The molecule has 2 N–H and O–H groups in total. The Morgan fingerprint density at radius 2 is 1.67 bits per heavy atom. The summed E-state index contributed by atoms with van der Waals surface area (Å²) in [6.07, 6.45) is 1.83. The van der Waals surface area contributed by atoms with E-state index in [1.165, 1.54) is 11.3 Å². The van der Waals surface area contributed by atoms with Gasteiger partial charge in [0.25, 0.3) is 11.8 Å². The van der Waals surface area contributed by atoms with Crippen LogP contribution >= 0.6 is 11.3 Å². The lowest BCUT2D eigenvalue weighted by atomic mass is 10.1. The average molecular weight is 376 g/mol. The molecule has 27 heavy (non-hydrogen) atoms. The van der Waals surface area contributed by atoms with Crippen LogP contribution in [-0.4, -0.2) is 18.4 Å². The highest BCUT2D eigenvalue weighted by Crippen LogP contribution is 2.26. The van der Waals surface area contributed by atoms with E-state index in [9.17, 15) is 9.59 Å². The molecule has 5 nitrogen and oxygen atoms in total. The summed E-state index contributed by atoms with van der Waals surface area (Å²) in [6.45, 7) is 0.220. The van der Waals surface area contributed by atoms with E-state index in [0.717, 1.165) is 11.3 Å². The number of benzene rings is 2. The van der Waals surface area contributed by atoms with Gasteiger partial charge in [0.2, 0.25) is 0 Å². The van der Waals surface area contributed by atoms with Crippen molar-refractivity contribution in [3.05, 3.63) is 82.1 Å². The number of fused-ring (bicyclic) bond motifs is 1. The van der Waals surface area contributed by atoms with Gasteiger partial charge in [-0.05, 0) is 41.8 Å². The fourth-order valence-corrected chi connectivity index (χ4v) is 3.35. The third-order valence-electron chi connectivity index (χ3n) is 4.05. The summed E-state index contributed by atoms with van der Waals surface area (Å²) in [7, 11) is 0. The first-order valence-corrected chi connectivity index (χ1v) is 9.26. The van der Waals surface area contributed by atoms with Gasteiger partial charge in [-0.15, -0.1) is 11.3 Å². The van der Waals surface area contributed by atoms with Crippen LogP contribution in [0.3, 0.4) is 0 Å². The molecule has 0 saturated heterocycles. The minimum atomic E-state index is -0.230. The van der Waals surface area contributed by atoms with Crippen LogP contribution in [0.5, 0.6) is 5.75 Å². The molecule has 2 heterocycles. The lowest BCUT2D eigenvalue weighted by Gasteiger charge is -2.17. The van der Waals surface area contributed by atoms with E-state index in [-0.39, 0.29) is 18.4 Å². The van der Waals surface area contributed by atoms with Crippen LogP contribution in [0.1, 0.15) is 15.2 Å². The molecule has 4 rings (SSSR count). The van der Waals surface area contributed by atoms with E-state index in [0.29, 0.717) is 21.8 Å². The molecule has 0 radical (unpaired) electrons. The number of nitrogens with one attached hydrogen (secondary N) is 2. The molecule has 0 saturated carbocycles. The zero-order valence-electron chi connectivity index (χ0n) is 14.3. The number of rotatable bonds is 4. The van der Waals surface area contributed by atoms with Gasteiger partial charge in [0.15, 0.2) is 0 Å². The van der Waals surface area contributed by atoms with Crippen LogP contribution in [0, 0.1) is 0 Å². The standard InChI is InChI=1S/C21H16N2O3S/c24-20(15-11-14-5-1-2-8-18(14)26-13-15)22-16-6-3-7-17(12-16)23-21(25)19-9-4-10-27-19/h1-12H,13H2,(H,22,24)(H,23,25). The largest absolute Gasteiger partial charge is 0.488 e. The van der Waals surface area contributed by atoms with Crippen molar-refractivity contribution in [2.45, 2.75) is 0 Å². The molecule has 0 spiro atoms. The lowest BCUT2D eigenvalue weighted by molar-refractivity contribution is -0.113. The minimum Gasteiger partial charge on any atom is -0.488 e. The number of carbonyl (C=O) groups is 2. The van der Waals surface area contributed by atoms with Gasteiger partial charge in [-0.3, -0.25) is 9.59 Å².